The molecule has 0 aliphatic rings. The molecule has 0 saturated carbocycles. The minimum atomic E-state index is -0.303. The zero-order valence-electron chi connectivity index (χ0n) is 7.85. The van der Waals surface area contributed by atoms with Crippen LogP contribution in [-0.4, -0.2) is 11.7 Å². The highest BCUT2D eigenvalue weighted by Crippen LogP contribution is 2.27. The third-order valence-electron chi connectivity index (χ3n) is 1.74. The molecule has 14 heavy (non-hydrogen) atoms. The molecule has 1 amide bonds. The SMILES string of the molecule is C=CCSC(C(N)=O)c1ccccc1. The van der Waals surface area contributed by atoms with Gasteiger partial charge in [-0.3, -0.25) is 4.79 Å². The van der Waals surface area contributed by atoms with Gasteiger partial charge in [0.05, 0.1) is 0 Å². The van der Waals surface area contributed by atoms with Gasteiger partial charge in [-0.15, -0.1) is 18.3 Å². The molecule has 2 nitrogen and oxygen atoms in total. The summed E-state index contributed by atoms with van der Waals surface area (Å²) in [4.78, 5) is 11.2. The van der Waals surface area contributed by atoms with E-state index in [0.717, 1.165) is 11.3 Å². The van der Waals surface area contributed by atoms with Gasteiger partial charge in [0.1, 0.15) is 5.25 Å². The van der Waals surface area contributed by atoms with Crippen molar-refractivity contribution in [2.24, 2.45) is 5.73 Å². The molecule has 0 fully saturated rings. The fraction of sp³-hybridized carbons (Fsp3) is 0.182. The van der Waals surface area contributed by atoms with Gasteiger partial charge >= 0.3 is 0 Å². The summed E-state index contributed by atoms with van der Waals surface area (Å²) in [5.41, 5.74) is 6.27. The molecule has 2 N–H and O–H groups in total. The van der Waals surface area contributed by atoms with Crippen molar-refractivity contribution in [1.29, 1.82) is 0 Å². The first-order valence-corrected chi connectivity index (χ1v) is 5.37. The molecular weight excluding hydrogens is 194 g/mol. The summed E-state index contributed by atoms with van der Waals surface area (Å²) in [6.45, 7) is 3.61. The van der Waals surface area contributed by atoms with Crippen LogP contribution in [-0.2, 0) is 4.79 Å². The maximum atomic E-state index is 11.2. The van der Waals surface area contributed by atoms with Crippen molar-refractivity contribution in [3.63, 3.8) is 0 Å². The number of benzene rings is 1. The van der Waals surface area contributed by atoms with Crippen LogP contribution in [0.4, 0.5) is 0 Å². The molecule has 0 saturated heterocycles. The van der Waals surface area contributed by atoms with Crippen LogP contribution < -0.4 is 5.73 Å². The standard InChI is InChI=1S/C11H13NOS/c1-2-8-14-10(11(12)13)9-6-4-3-5-7-9/h2-7,10H,1,8H2,(H2,12,13). The lowest BCUT2D eigenvalue weighted by Gasteiger charge is -2.11. The third kappa shape index (κ3) is 2.92. The van der Waals surface area contributed by atoms with Crippen LogP contribution in [0.5, 0.6) is 0 Å². The maximum Gasteiger partial charge on any atom is 0.235 e. The Kier molecular flexibility index (Phi) is 4.26. The summed E-state index contributed by atoms with van der Waals surface area (Å²) < 4.78 is 0. The number of primary amides is 1. The van der Waals surface area contributed by atoms with E-state index in [-0.39, 0.29) is 11.2 Å². The first-order chi connectivity index (χ1) is 6.75. The van der Waals surface area contributed by atoms with E-state index in [4.69, 9.17) is 5.73 Å². The van der Waals surface area contributed by atoms with Crippen LogP contribution in [0.2, 0.25) is 0 Å². The summed E-state index contributed by atoms with van der Waals surface area (Å²) >= 11 is 1.49. The number of hydrogen-bond acceptors (Lipinski definition) is 2. The number of thioether (sulfide) groups is 1. The Bertz CT molecular complexity index is 310. The molecule has 0 aliphatic heterocycles. The molecule has 0 radical (unpaired) electrons. The van der Waals surface area contributed by atoms with Gasteiger partial charge in [-0.1, -0.05) is 36.4 Å². The zero-order valence-corrected chi connectivity index (χ0v) is 8.67. The minimum Gasteiger partial charge on any atom is -0.368 e. The van der Waals surface area contributed by atoms with E-state index in [1.54, 1.807) is 6.08 Å². The highest BCUT2D eigenvalue weighted by atomic mass is 32.2. The average Bonchev–Trinajstić information content (AvgIpc) is 2.19. The summed E-state index contributed by atoms with van der Waals surface area (Å²) in [6, 6.07) is 9.54. The van der Waals surface area contributed by atoms with Gasteiger partial charge in [-0.05, 0) is 5.56 Å². The van der Waals surface area contributed by atoms with Gasteiger partial charge in [-0.25, -0.2) is 0 Å². The Balaban J connectivity index is 2.78. The molecule has 0 heterocycles. The van der Waals surface area contributed by atoms with Crippen LogP contribution in [0.1, 0.15) is 10.8 Å². The number of hydrogen-bond donors (Lipinski definition) is 1. The van der Waals surface area contributed by atoms with E-state index in [9.17, 15) is 4.79 Å². The van der Waals surface area contributed by atoms with Crippen molar-refractivity contribution in [3.05, 3.63) is 48.6 Å². The smallest absolute Gasteiger partial charge is 0.235 e. The second-order valence-corrected chi connectivity index (χ2v) is 3.95. The summed E-state index contributed by atoms with van der Waals surface area (Å²) in [5, 5.41) is -0.269. The molecule has 0 bridgehead atoms. The van der Waals surface area contributed by atoms with Crippen LogP contribution in [0.25, 0.3) is 0 Å². The second-order valence-electron chi connectivity index (χ2n) is 2.82. The molecule has 0 aromatic heterocycles. The van der Waals surface area contributed by atoms with Crippen molar-refractivity contribution in [1.82, 2.24) is 0 Å². The van der Waals surface area contributed by atoms with Crippen molar-refractivity contribution in [3.8, 4) is 0 Å². The molecule has 1 unspecified atom stereocenters. The fourth-order valence-electron chi connectivity index (χ4n) is 1.13. The average molecular weight is 207 g/mol. The highest BCUT2D eigenvalue weighted by molar-refractivity contribution is 8.00. The van der Waals surface area contributed by atoms with Crippen molar-refractivity contribution < 1.29 is 4.79 Å². The van der Waals surface area contributed by atoms with Crippen molar-refractivity contribution >= 4 is 17.7 Å². The van der Waals surface area contributed by atoms with Gasteiger partial charge < -0.3 is 5.73 Å². The molecule has 1 rings (SSSR count). The molecular formula is C11H13NOS. The largest absolute Gasteiger partial charge is 0.368 e. The minimum absolute atomic E-state index is 0.269. The summed E-state index contributed by atoms with van der Waals surface area (Å²) in [5.74, 6) is 0.422. The van der Waals surface area contributed by atoms with E-state index < -0.39 is 0 Å². The fourth-order valence-corrected chi connectivity index (χ4v) is 1.98. The lowest BCUT2D eigenvalue weighted by atomic mass is 10.1. The number of carbonyl (C=O) groups excluding carboxylic acids is 1. The van der Waals surface area contributed by atoms with Gasteiger partial charge in [0.25, 0.3) is 0 Å². The maximum absolute atomic E-state index is 11.2. The number of carbonyl (C=O) groups is 1. The molecule has 1 aromatic carbocycles. The Morgan fingerprint density at radius 2 is 2.14 bits per heavy atom. The Morgan fingerprint density at radius 1 is 1.50 bits per heavy atom. The Hall–Kier alpha value is -1.22. The Morgan fingerprint density at radius 3 is 2.64 bits per heavy atom. The van der Waals surface area contributed by atoms with Crippen LogP contribution in [0.3, 0.4) is 0 Å². The Labute approximate surface area is 88.2 Å². The van der Waals surface area contributed by atoms with Gasteiger partial charge in [0.2, 0.25) is 5.91 Å². The predicted octanol–water partition coefficient (Wildman–Crippen LogP) is 2.13. The molecule has 0 aliphatic carbocycles. The molecule has 1 atom stereocenters. The predicted molar refractivity (Wildman–Crippen MR) is 61.0 cm³/mol. The number of nitrogens with two attached hydrogens (primary N) is 1. The van der Waals surface area contributed by atoms with Crippen molar-refractivity contribution in [2.45, 2.75) is 5.25 Å². The van der Waals surface area contributed by atoms with Gasteiger partial charge in [0, 0.05) is 5.75 Å². The van der Waals surface area contributed by atoms with E-state index in [1.165, 1.54) is 11.8 Å². The van der Waals surface area contributed by atoms with E-state index >= 15 is 0 Å². The van der Waals surface area contributed by atoms with E-state index in [2.05, 4.69) is 6.58 Å². The first kappa shape index (κ1) is 10.9. The monoisotopic (exact) mass is 207 g/mol. The van der Waals surface area contributed by atoms with E-state index in [0.29, 0.717) is 0 Å². The lowest BCUT2D eigenvalue weighted by molar-refractivity contribution is -0.117. The van der Waals surface area contributed by atoms with Gasteiger partial charge in [0.15, 0.2) is 0 Å². The highest BCUT2D eigenvalue weighted by Gasteiger charge is 2.16. The van der Waals surface area contributed by atoms with Crippen LogP contribution >= 0.6 is 11.8 Å². The van der Waals surface area contributed by atoms with Crippen LogP contribution in [0.15, 0.2) is 43.0 Å². The molecule has 74 valence electrons. The quantitative estimate of drug-likeness (QED) is 0.752. The summed E-state index contributed by atoms with van der Waals surface area (Å²) in [7, 11) is 0. The molecule has 1 aromatic rings. The zero-order chi connectivity index (χ0) is 10.4. The summed E-state index contributed by atoms with van der Waals surface area (Å²) in [6.07, 6.45) is 1.77. The lowest BCUT2D eigenvalue weighted by Crippen LogP contribution is -2.19. The second kappa shape index (κ2) is 5.50. The van der Waals surface area contributed by atoms with Crippen molar-refractivity contribution in [2.75, 3.05) is 5.75 Å². The first-order valence-electron chi connectivity index (χ1n) is 4.32. The number of rotatable bonds is 5. The van der Waals surface area contributed by atoms with E-state index in [1.807, 2.05) is 30.3 Å². The molecule has 3 heteroatoms. The third-order valence-corrected chi connectivity index (χ3v) is 3.01. The molecule has 0 spiro atoms. The normalized spacial score (nSPS) is 12.0. The van der Waals surface area contributed by atoms with Gasteiger partial charge in [-0.2, -0.15) is 0 Å². The number of amides is 1. The topological polar surface area (TPSA) is 43.1 Å². The van der Waals surface area contributed by atoms with Crippen LogP contribution in [0, 0.1) is 0 Å².